The fourth-order valence-corrected chi connectivity index (χ4v) is 3.51. The Kier molecular flexibility index (Phi) is 5.39. The van der Waals surface area contributed by atoms with E-state index in [-0.39, 0.29) is 17.2 Å². The Morgan fingerprint density at radius 1 is 1.45 bits per heavy atom. The van der Waals surface area contributed by atoms with Crippen LogP contribution in [0, 0.1) is 5.92 Å². The molecule has 1 amide bonds. The smallest absolute Gasteiger partial charge is 0.410 e. The van der Waals surface area contributed by atoms with Crippen molar-refractivity contribution in [1.82, 2.24) is 15.1 Å². The molecule has 0 unspecified atom stereocenters. The third kappa shape index (κ3) is 4.91. The molecule has 1 fully saturated rings. The van der Waals surface area contributed by atoms with Crippen molar-refractivity contribution in [3.63, 3.8) is 0 Å². The predicted octanol–water partition coefficient (Wildman–Crippen LogP) is 2.49. The molecule has 2 rings (SSSR count). The van der Waals surface area contributed by atoms with Gasteiger partial charge >= 0.3 is 6.09 Å². The van der Waals surface area contributed by atoms with Crippen LogP contribution in [0.3, 0.4) is 0 Å². The molecule has 0 aliphatic carbocycles. The van der Waals surface area contributed by atoms with E-state index in [1.165, 1.54) is 0 Å². The molecule has 1 aliphatic heterocycles. The van der Waals surface area contributed by atoms with Crippen LogP contribution in [0.5, 0.6) is 0 Å². The van der Waals surface area contributed by atoms with Gasteiger partial charge in [-0.05, 0) is 45.2 Å². The lowest BCUT2D eigenvalue weighted by Crippen LogP contribution is -2.35. The van der Waals surface area contributed by atoms with Crippen LogP contribution in [-0.2, 0) is 15.5 Å². The van der Waals surface area contributed by atoms with Gasteiger partial charge in [0.25, 0.3) is 0 Å². The van der Waals surface area contributed by atoms with Gasteiger partial charge in [0, 0.05) is 18.8 Å². The summed E-state index contributed by atoms with van der Waals surface area (Å²) in [6, 6.07) is 3.19. The highest BCUT2D eigenvalue weighted by molar-refractivity contribution is 7.84. The highest BCUT2D eigenvalue weighted by atomic mass is 35.5. The molecule has 1 aliphatic rings. The summed E-state index contributed by atoms with van der Waals surface area (Å²) in [7, 11) is -1.24. The first kappa shape index (κ1) is 17.1. The van der Waals surface area contributed by atoms with E-state index in [1.54, 1.807) is 17.0 Å². The van der Waals surface area contributed by atoms with Crippen molar-refractivity contribution in [1.29, 1.82) is 0 Å². The molecule has 6 nitrogen and oxygen atoms in total. The van der Waals surface area contributed by atoms with E-state index in [0.717, 1.165) is 6.42 Å². The first-order valence-corrected chi connectivity index (χ1v) is 8.80. The zero-order valence-corrected chi connectivity index (χ0v) is 14.5. The van der Waals surface area contributed by atoms with Crippen molar-refractivity contribution < 1.29 is 13.7 Å². The van der Waals surface area contributed by atoms with Gasteiger partial charge in [0.05, 0.1) is 10.8 Å². The lowest BCUT2D eigenvalue weighted by atomic mass is 10.2. The van der Waals surface area contributed by atoms with E-state index in [1.807, 2.05) is 20.8 Å². The summed E-state index contributed by atoms with van der Waals surface area (Å²) in [6.45, 7) is 6.71. The minimum absolute atomic E-state index is 0.172. The van der Waals surface area contributed by atoms with E-state index in [2.05, 4.69) is 10.2 Å². The van der Waals surface area contributed by atoms with E-state index in [9.17, 15) is 9.00 Å². The number of likely N-dealkylation sites (tertiary alicyclic amines) is 1. The first-order chi connectivity index (χ1) is 10.2. The van der Waals surface area contributed by atoms with Crippen molar-refractivity contribution in [3.05, 3.63) is 17.3 Å². The minimum atomic E-state index is -1.24. The van der Waals surface area contributed by atoms with Crippen LogP contribution in [0.1, 0.15) is 27.2 Å². The van der Waals surface area contributed by atoms with E-state index in [0.29, 0.717) is 23.9 Å². The van der Waals surface area contributed by atoms with E-state index >= 15 is 0 Å². The number of hydrogen-bond donors (Lipinski definition) is 0. The molecular formula is C14H20ClN3O3S. The molecule has 2 atom stereocenters. The number of carbonyl (C=O) groups is 1. The highest BCUT2D eigenvalue weighted by Gasteiger charge is 2.30. The van der Waals surface area contributed by atoms with Crippen molar-refractivity contribution >= 4 is 28.5 Å². The molecule has 0 radical (unpaired) electrons. The standard InChI is InChI=1S/C14H20ClN3O3S/c1-14(2,3)21-13(19)18-7-6-10(8-18)9-22(20)12-5-4-11(15)16-17-12/h4-5,10H,6-9H2,1-3H3/t10-,22-/m0/s1. The maximum atomic E-state index is 12.2. The predicted molar refractivity (Wildman–Crippen MR) is 84.2 cm³/mol. The first-order valence-electron chi connectivity index (χ1n) is 7.10. The summed E-state index contributed by atoms with van der Waals surface area (Å²) in [5.41, 5.74) is -0.503. The van der Waals surface area contributed by atoms with E-state index in [4.69, 9.17) is 16.3 Å². The number of hydrogen-bond acceptors (Lipinski definition) is 5. The van der Waals surface area contributed by atoms with Gasteiger partial charge in [-0.3, -0.25) is 4.21 Å². The summed E-state index contributed by atoms with van der Waals surface area (Å²) < 4.78 is 17.6. The summed E-state index contributed by atoms with van der Waals surface area (Å²) in [5, 5.41) is 8.22. The van der Waals surface area contributed by atoms with Crippen molar-refractivity contribution in [2.45, 2.75) is 37.8 Å². The van der Waals surface area contributed by atoms with Crippen molar-refractivity contribution in [2.75, 3.05) is 18.8 Å². The molecule has 0 spiro atoms. The molecule has 2 heterocycles. The van der Waals surface area contributed by atoms with Crippen LogP contribution in [0.4, 0.5) is 4.79 Å². The van der Waals surface area contributed by atoms with Crippen molar-refractivity contribution in [2.24, 2.45) is 5.92 Å². The molecule has 8 heteroatoms. The average Bonchev–Trinajstić information content (AvgIpc) is 2.86. The largest absolute Gasteiger partial charge is 0.444 e. The summed E-state index contributed by atoms with van der Waals surface area (Å²) >= 11 is 5.66. The maximum absolute atomic E-state index is 12.2. The monoisotopic (exact) mass is 345 g/mol. The highest BCUT2D eigenvalue weighted by Crippen LogP contribution is 2.21. The molecule has 22 heavy (non-hydrogen) atoms. The quantitative estimate of drug-likeness (QED) is 0.841. The molecule has 0 saturated carbocycles. The maximum Gasteiger partial charge on any atom is 0.410 e. The topological polar surface area (TPSA) is 72.4 Å². The molecule has 0 bridgehead atoms. The van der Waals surface area contributed by atoms with Crippen LogP contribution in [0.25, 0.3) is 0 Å². The number of rotatable bonds is 3. The van der Waals surface area contributed by atoms with Gasteiger partial charge in [0.2, 0.25) is 0 Å². The van der Waals surface area contributed by atoms with Crippen LogP contribution >= 0.6 is 11.6 Å². The molecular weight excluding hydrogens is 326 g/mol. The number of ether oxygens (including phenoxy) is 1. The number of halogens is 1. The molecule has 0 N–H and O–H groups in total. The van der Waals surface area contributed by atoms with Gasteiger partial charge in [0.1, 0.15) is 10.6 Å². The zero-order valence-electron chi connectivity index (χ0n) is 12.9. The molecule has 1 saturated heterocycles. The Morgan fingerprint density at radius 3 is 2.77 bits per heavy atom. The molecule has 1 aromatic heterocycles. The minimum Gasteiger partial charge on any atom is -0.444 e. The third-order valence-electron chi connectivity index (χ3n) is 3.17. The fourth-order valence-electron chi connectivity index (χ4n) is 2.19. The Balaban J connectivity index is 1.87. The van der Waals surface area contributed by atoms with Crippen molar-refractivity contribution in [3.8, 4) is 0 Å². The Labute approximate surface area is 137 Å². The summed E-state index contributed by atoms with van der Waals surface area (Å²) in [5.74, 6) is 0.626. The van der Waals surface area contributed by atoms with Gasteiger partial charge < -0.3 is 9.64 Å². The van der Waals surface area contributed by atoms with Gasteiger partial charge in [-0.15, -0.1) is 10.2 Å². The van der Waals surface area contributed by atoms with Crippen LogP contribution in [0.2, 0.25) is 5.15 Å². The number of aromatic nitrogens is 2. The second-order valence-electron chi connectivity index (χ2n) is 6.29. The fraction of sp³-hybridized carbons (Fsp3) is 0.643. The number of nitrogens with zero attached hydrogens (tertiary/aromatic N) is 3. The SMILES string of the molecule is CC(C)(C)OC(=O)N1CC[C@H](C[S@](=O)c2ccc(Cl)nn2)C1. The second-order valence-corrected chi connectivity index (χ2v) is 8.12. The Morgan fingerprint density at radius 2 is 2.18 bits per heavy atom. The Bertz CT molecular complexity index is 559. The second kappa shape index (κ2) is 6.91. The zero-order chi connectivity index (χ0) is 16.3. The number of carbonyl (C=O) groups excluding carboxylic acids is 1. The van der Waals surface area contributed by atoms with E-state index < -0.39 is 16.4 Å². The average molecular weight is 346 g/mol. The normalized spacial score (nSPS) is 20.0. The van der Waals surface area contributed by atoms with Crippen LogP contribution in [0.15, 0.2) is 17.2 Å². The number of amides is 1. The lowest BCUT2D eigenvalue weighted by molar-refractivity contribution is 0.0289. The summed E-state index contributed by atoms with van der Waals surface area (Å²) in [4.78, 5) is 13.7. The molecule has 0 aromatic carbocycles. The van der Waals surface area contributed by atoms with Gasteiger partial charge in [0.15, 0.2) is 5.15 Å². The van der Waals surface area contributed by atoms with Gasteiger partial charge in [-0.2, -0.15) is 0 Å². The van der Waals surface area contributed by atoms with Crippen LogP contribution < -0.4 is 0 Å². The third-order valence-corrected chi connectivity index (χ3v) is 4.83. The lowest BCUT2D eigenvalue weighted by Gasteiger charge is -2.24. The van der Waals surface area contributed by atoms with Gasteiger partial charge in [-0.25, -0.2) is 4.79 Å². The molecule has 1 aromatic rings. The Hall–Kier alpha value is -1.21. The summed E-state index contributed by atoms with van der Waals surface area (Å²) in [6.07, 6.45) is 0.499. The van der Waals surface area contributed by atoms with Gasteiger partial charge in [-0.1, -0.05) is 11.6 Å². The van der Waals surface area contributed by atoms with Crippen LogP contribution in [-0.4, -0.2) is 49.8 Å². The molecule has 122 valence electrons.